The largest absolute Gasteiger partial charge is 0.204 e. The van der Waals surface area contributed by atoms with E-state index in [2.05, 4.69) is 23.2 Å². The highest BCUT2D eigenvalue weighted by Gasteiger charge is 1.94. The number of nitrogens with zero attached hydrogens (tertiary/aromatic N) is 1. The van der Waals surface area contributed by atoms with Gasteiger partial charge in [0.1, 0.15) is 0 Å². The molecule has 0 unspecified atom stereocenters. The summed E-state index contributed by atoms with van der Waals surface area (Å²) in [4.78, 5) is 0. The Labute approximate surface area is 69.2 Å². The fourth-order valence-corrected chi connectivity index (χ4v) is 1.71. The lowest BCUT2D eigenvalue weighted by atomic mass is 10.5. The predicted molar refractivity (Wildman–Crippen MR) is 47.7 cm³/mol. The molecular weight excluding hydrogens is 162 g/mol. The molecule has 0 atom stereocenters. The van der Waals surface area contributed by atoms with Crippen LogP contribution in [0.4, 0.5) is 0 Å². The molecule has 0 fully saturated rings. The van der Waals surface area contributed by atoms with Crippen LogP contribution in [-0.2, 0) is 5.88 Å². The third kappa shape index (κ3) is 2.62. The second kappa shape index (κ2) is 4.63. The van der Waals surface area contributed by atoms with Crippen LogP contribution >= 0.6 is 21.6 Å². The van der Waals surface area contributed by atoms with Gasteiger partial charge in [-0.3, -0.25) is 0 Å². The molecular formula is C7H10NS2+. The second-order valence-corrected chi connectivity index (χ2v) is 4.34. The van der Waals surface area contributed by atoms with Crippen molar-refractivity contribution in [1.82, 2.24) is 0 Å². The van der Waals surface area contributed by atoms with Gasteiger partial charge in [0.2, 0.25) is 5.88 Å². The van der Waals surface area contributed by atoms with Crippen molar-refractivity contribution < 1.29 is 4.57 Å². The van der Waals surface area contributed by atoms with Crippen molar-refractivity contribution in [2.24, 2.45) is 0 Å². The summed E-state index contributed by atoms with van der Waals surface area (Å²) in [5.41, 5.74) is 0. The standard InChI is InChI=1S/C7H10NS2/c1-9-10-7-8-5-3-2-4-6-8/h2-6H,7H2,1H3/q+1. The molecule has 1 nitrogen and oxygen atoms in total. The number of pyridine rings is 1. The van der Waals surface area contributed by atoms with E-state index in [4.69, 9.17) is 0 Å². The first-order valence-corrected chi connectivity index (χ1v) is 5.76. The van der Waals surface area contributed by atoms with Crippen LogP contribution in [-0.4, -0.2) is 6.26 Å². The highest BCUT2D eigenvalue weighted by molar-refractivity contribution is 8.76. The molecule has 0 spiro atoms. The summed E-state index contributed by atoms with van der Waals surface area (Å²) in [6.45, 7) is 0. The van der Waals surface area contributed by atoms with Crippen LogP contribution in [0.5, 0.6) is 0 Å². The molecule has 0 N–H and O–H groups in total. The Kier molecular flexibility index (Phi) is 3.68. The molecule has 1 aromatic heterocycles. The van der Waals surface area contributed by atoms with E-state index in [0.717, 1.165) is 5.88 Å². The van der Waals surface area contributed by atoms with Gasteiger partial charge >= 0.3 is 0 Å². The van der Waals surface area contributed by atoms with Crippen molar-refractivity contribution in [3.05, 3.63) is 30.6 Å². The average Bonchev–Trinajstić information content (AvgIpc) is 2.03. The van der Waals surface area contributed by atoms with Crippen LogP contribution in [0.3, 0.4) is 0 Å². The van der Waals surface area contributed by atoms with E-state index >= 15 is 0 Å². The minimum atomic E-state index is 1.03. The van der Waals surface area contributed by atoms with Gasteiger partial charge in [0.25, 0.3) is 0 Å². The van der Waals surface area contributed by atoms with E-state index < -0.39 is 0 Å². The molecule has 0 radical (unpaired) electrons. The summed E-state index contributed by atoms with van der Waals surface area (Å²) in [6, 6.07) is 6.11. The molecule has 1 heterocycles. The zero-order valence-electron chi connectivity index (χ0n) is 5.86. The summed E-state index contributed by atoms with van der Waals surface area (Å²) in [7, 11) is 3.63. The van der Waals surface area contributed by atoms with Gasteiger partial charge in [-0.1, -0.05) is 16.9 Å². The average molecular weight is 172 g/mol. The normalized spacial score (nSPS) is 9.70. The maximum Gasteiger partial charge on any atom is 0.204 e. The van der Waals surface area contributed by atoms with E-state index in [-0.39, 0.29) is 0 Å². The SMILES string of the molecule is CSSC[n+]1ccccc1. The highest BCUT2D eigenvalue weighted by atomic mass is 33.1. The van der Waals surface area contributed by atoms with E-state index in [1.165, 1.54) is 0 Å². The zero-order chi connectivity index (χ0) is 7.23. The molecule has 0 saturated heterocycles. The van der Waals surface area contributed by atoms with Gasteiger partial charge in [0.05, 0.1) is 0 Å². The fraction of sp³-hybridized carbons (Fsp3) is 0.286. The summed E-state index contributed by atoms with van der Waals surface area (Å²) in [6.07, 6.45) is 6.24. The van der Waals surface area contributed by atoms with Crippen molar-refractivity contribution in [1.29, 1.82) is 0 Å². The number of hydrogen-bond acceptors (Lipinski definition) is 2. The van der Waals surface area contributed by atoms with E-state index in [1.807, 2.05) is 29.0 Å². The molecule has 0 aromatic carbocycles. The van der Waals surface area contributed by atoms with E-state index in [1.54, 1.807) is 10.8 Å². The lowest BCUT2D eigenvalue weighted by Crippen LogP contribution is -2.29. The Balaban J connectivity index is 2.43. The first-order valence-electron chi connectivity index (χ1n) is 3.03. The lowest BCUT2D eigenvalue weighted by molar-refractivity contribution is -0.675. The number of hydrogen-bond donors (Lipinski definition) is 0. The first-order chi connectivity index (χ1) is 4.93. The minimum absolute atomic E-state index is 1.03. The third-order valence-corrected chi connectivity index (χ3v) is 2.76. The van der Waals surface area contributed by atoms with Crippen LogP contribution in [0.2, 0.25) is 0 Å². The first kappa shape index (κ1) is 7.95. The topological polar surface area (TPSA) is 3.88 Å². The maximum absolute atomic E-state index is 2.15. The molecule has 0 aliphatic rings. The molecule has 0 aliphatic carbocycles. The molecule has 54 valence electrons. The fourth-order valence-electron chi connectivity index (χ4n) is 0.634. The van der Waals surface area contributed by atoms with Crippen LogP contribution in [0.1, 0.15) is 0 Å². The Morgan fingerprint density at radius 3 is 2.50 bits per heavy atom. The molecule has 3 heteroatoms. The molecule has 1 rings (SSSR count). The van der Waals surface area contributed by atoms with Crippen molar-refractivity contribution >= 4 is 21.6 Å². The van der Waals surface area contributed by atoms with Crippen molar-refractivity contribution in [3.8, 4) is 0 Å². The highest BCUT2D eigenvalue weighted by Crippen LogP contribution is 2.15. The summed E-state index contributed by atoms with van der Waals surface area (Å²) >= 11 is 0. The number of rotatable bonds is 3. The van der Waals surface area contributed by atoms with Gasteiger partial charge < -0.3 is 0 Å². The van der Waals surface area contributed by atoms with Crippen LogP contribution in [0.15, 0.2) is 30.6 Å². The van der Waals surface area contributed by atoms with Crippen LogP contribution in [0.25, 0.3) is 0 Å². The van der Waals surface area contributed by atoms with Crippen molar-refractivity contribution in [2.75, 3.05) is 6.26 Å². The van der Waals surface area contributed by atoms with E-state index in [0.29, 0.717) is 0 Å². The number of aromatic nitrogens is 1. The van der Waals surface area contributed by atoms with Crippen LogP contribution in [0, 0.1) is 0 Å². The smallest absolute Gasteiger partial charge is 0.195 e. The minimum Gasteiger partial charge on any atom is -0.195 e. The van der Waals surface area contributed by atoms with Crippen molar-refractivity contribution in [3.63, 3.8) is 0 Å². The molecule has 10 heavy (non-hydrogen) atoms. The van der Waals surface area contributed by atoms with Gasteiger partial charge in [0.15, 0.2) is 12.4 Å². The second-order valence-electron chi connectivity index (χ2n) is 1.80. The summed E-state index contributed by atoms with van der Waals surface area (Å²) < 4.78 is 2.15. The van der Waals surface area contributed by atoms with Gasteiger partial charge in [0, 0.05) is 12.1 Å². The molecule has 0 saturated carbocycles. The monoisotopic (exact) mass is 172 g/mol. The quantitative estimate of drug-likeness (QED) is 0.506. The zero-order valence-corrected chi connectivity index (χ0v) is 7.49. The lowest BCUT2D eigenvalue weighted by Gasteiger charge is -1.90. The van der Waals surface area contributed by atoms with Crippen LogP contribution < -0.4 is 4.57 Å². The molecule has 0 aliphatic heterocycles. The Hall–Kier alpha value is -0.150. The molecule has 1 aromatic rings. The van der Waals surface area contributed by atoms with Gasteiger partial charge in [-0.25, -0.2) is 0 Å². The summed E-state index contributed by atoms with van der Waals surface area (Å²) in [5.74, 6) is 1.03. The summed E-state index contributed by atoms with van der Waals surface area (Å²) in [5, 5.41) is 0. The predicted octanol–water partition coefficient (Wildman–Crippen LogP) is 1.94. The maximum atomic E-state index is 2.15. The van der Waals surface area contributed by atoms with Crippen molar-refractivity contribution in [2.45, 2.75) is 5.88 Å². The van der Waals surface area contributed by atoms with E-state index in [9.17, 15) is 0 Å². The third-order valence-electron chi connectivity index (χ3n) is 1.10. The molecule has 0 amide bonds. The Morgan fingerprint density at radius 1 is 1.20 bits per heavy atom. The van der Waals surface area contributed by atoms with Gasteiger partial charge in [-0.2, -0.15) is 4.57 Å². The van der Waals surface area contributed by atoms with Gasteiger partial charge in [-0.05, 0) is 17.0 Å². The molecule has 0 bridgehead atoms. The Bertz CT molecular complexity index is 176. The van der Waals surface area contributed by atoms with Gasteiger partial charge in [-0.15, -0.1) is 0 Å². The Morgan fingerprint density at radius 2 is 1.90 bits per heavy atom.